The van der Waals surface area contributed by atoms with E-state index in [1.807, 2.05) is 43.4 Å². The summed E-state index contributed by atoms with van der Waals surface area (Å²) in [6, 6.07) is -1.13. The minimum absolute atomic E-state index is 0.0871. The fourth-order valence-electron chi connectivity index (χ4n) is 8.38. The molecule has 69 heavy (non-hydrogen) atoms. The van der Waals surface area contributed by atoms with Crippen LogP contribution in [0.1, 0.15) is 79.1 Å². The average Bonchev–Trinajstić information content (AvgIpc) is 3.27. The number of nitrogens with two attached hydrogens (primary N) is 1. The number of aliphatic hydroxyl groups is 10. The standard InChI is InChI=1S/C50H80N2O17/c1-30-18-16-14-12-10-8-6-7-9-11-13-15-17-19-37(68-49-47(62)44(51)46(61)33(4)67-49)27-41-43(48(63)52-22-23-65-5)40(58)29-50(64,69-41)28-36(55)25-39(57)38(56)21-20-34(53)24-35(54)26-42(59)66-32(3)31(2)45(30)60/h6-19,30-41,43-47,49,53-58,60-62,64H,20-29,51H2,1-5H3,(H,52,63)/b7-6+,10-8+,11-9+,14-12+,15-13+,18-16+,19-17+/t30-,31-,32-,33+,34?,35?,36?,37?,38?,39?,40-,41-,43?,44-,45?,46?,47-,49-,50?/m0/s1. The van der Waals surface area contributed by atoms with Crippen LogP contribution >= 0.6 is 0 Å². The smallest absolute Gasteiger partial charge is 0.308 e. The molecule has 19 atom stereocenters. The Kier molecular flexibility index (Phi) is 26.4. The lowest BCUT2D eigenvalue weighted by Gasteiger charge is -2.46. The molecule has 19 heteroatoms. The van der Waals surface area contributed by atoms with Crippen LogP contribution in [0.25, 0.3) is 0 Å². The number of carbonyl (C=O) groups is 2. The van der Waals surface area contributed by atoms with E-state index in [4.69, 9.17) is 29.4 Å². The number of ether oxygens (including phenoxy) is 5. The molecule has 0 aromatic rings. The first kappa shape index (κ1) is 59.8. The second-order valence-corrected chi connectivity index (χ2v) is 18.5. The fraction of sp³-hybridized carbons (Fsp3) is 0.680. The van der Waals surface area contributed by atoms with Crippen LogP contribution in [0.2, 0.25) is 0 Å². The Morgan fingerprint density at radius 1 is 0.710 bits per heavy atom. The monoisotopic (exact) mass is 981 g/mol. The van der Waals surface area contributed by atoms with Crippen LogP contribution in [-0.2, 0) is 33.3 Å². The highest BCUT2D eigenvalue weighted by atomic mass is 16.7. The molecule has 0 aromatic heterocycles. The van der Waals surface area contributed by atoms with Gasteiger partial charge in [-0.05, 0) is 33.1 Å². The van der Waals surface area contributed by atoms with Crippen molar-refractivity contribution in [2.75, 3.05) is 20.3 Å². The normalized spacial score (nSPS) is 43.5. The Hall–Kier alpha value is -3.48. The number of carbonyl (C=O) groups excluding carboxylic acids is 2. The molecular weight excluding hydrogens is 901 g/mol. The number of cyclic esters (lactones) is 1. The van der Waals surface area contributed by atoms with Crippen molar-refractivity contribution in [3.63, 3.8) is 0 Å². The van der Waals surface area contributed by atoms with E-state index >= 15 is 0 Å². The zero-order valence-corrected chi connectivity index (χ0v) is 40.5. The molecule has 3 aliphatic heterocycles. The van der Waals surface area contributed by atoms with Crippen LogP contribution in [0.15, 0.2) is 85.1 Å². The highest BCUT2D eigenvalue weighted by molar-refractivity contribution is 5.80. The largest absolute Gasteiger partial charge is 0.462 e. The van der Waals surface area contributed by atoms with Gasteiger partial charge in [0.2, 0.25) is 5.91 Å². The second-order valence-electron chi connectivity index (χ2n) is 18.5. The second kappa shape index (κ2) is 30.4. The topological polar surface area (TPSA) is 321 Å². The molecule has 3 heterocycles. The molecule has 3 rings (SSSR count). The average molecular weight is 981 g/mol. The number of fused-ring (bicyclic) bond motifs is 2. The summed E-state index contributed by atoms with van der Waals surface area (Å²) in [5, 5.41) is 112. The number of aliphatic hydroxyl groups excluding tert-OH is 9. The zero-order valence-electron chi connectivity index (χ0n) is 40.5. The summed E-state index contributed by atoms with van der Waals surface area (Å²) in [5.74, 6) is -5.64. The number of esters is 1. The molecule has 392 valence electrons. The molecule has 2 bridgehead atoms. The first-order valence-electron chi connectivity index (χ1n) is 23.9. The summed E-state index contributed by atoms with van der Waals surface area (Å²) in [4.78, 5) is 26.3. The Bertz CT molecular complexity index is 1740. The molecule has 2 fully saturated rings. The Morgan fingerprint density at radius 3 is 1.91 bits per heavy atom. The lowest BCUT2D eigenvalue weighted by molar-refractivity contribution is -0.307. The van der Waals surface area contributed by atoms with Gasteiger partial charge < -0.3 is 85.8 Å². The number of allylic oxidation sites excluding steroid dienone is 12. The molecule has 10 unspecified atom stereocenters. The molecule has 2 saturated heterocycles. The number of rotatable bonds is 6. The van der Waals surface area contributed by atoms with E-state index in [0.29, 0.717) is 0 Å². The third-order valence-corrected chi connectivity index (χ3v) is 12.6. The summed E-state index contributed by atoms with van der Waals surface area (Å²) in [5.41, 5.74) is 6.09. The maximum atomic E-state index is 13.6. The van der Waals surface area contributed by atoms with Gasteiger partial charge in [0.15, 0.2) is 12.1 Å². The van der Waals surface area contributed by atoms with Gasteiger partial charge in [0.25, 0.3) is 0 Å². The third-order valence-electron chi connectivity index (χ3n) is 12.6. The van der Waals surface area contributed by atoms with Gasteiger partial charge in [0.05, 0.1) is 92.1 Å². The minimum atomic E-state index is -2.27. The number of methoxy groups -OCH3 is 1. The van der Waals surface area contributed by atoms with Crippen molar-refractivity contribution in [1.82, 2.24) is 5.32 Å². The van der Waals surface area contributed by atoms with Crippen LogP contribution in [0.4, 0.5) is 0 Å². The molecule has 0 spiro atoms. The Labute approximate surface area is 405 Å². The number of amides is 1. The van der Waals surface area contributed by atoms with Crippen LogP contribution in [0.5, 0.6) is 0 Å². The number of nitrogens with one attached hydrogen (secondary N) is 1. The minimum Gasteiger partial charge on any atom is -0.462 e. The maximum absolute atomic E-state index is 13.6. The molecule has 0 saturated carbocycles. The van der Waals surface area contributed by atoms with E-state index in [-0.39, 0.29) is 44.8 Å². The molecule has 19 nitrogen and oxygen atoms in total. The van der Waals surface area contributed by atoms with Crippen LogP contribution in [0, 0.1) is 17.8 Å². The van der Waals surface area contributed by atoms with Crippen LogP contribution in [-0.4, -0.2) is 181 Å². The fourth-order valence-corrected chi connectivity index (χ4v) is 8.38. The van der Waals surface area contributed by atoms with E-state index in [9.17, 15) is 60.7 Å². The quantitative estimate of drug-likeness (QED) is 0.127. The van der Waals surface area contributed by atoms with Crippen LogP contribution < -0.4 is 11.1 Å². The van der Waals surface area contributed by atoms with E-state index in [1.165, 1.54) is 7.11 Å². The Morgan fingerprint density at radius 2 is 1.30 bits per heavy atom. The van der Waals surface area contributed by atoms with Crippen molar-refractivity contribution in [2.24, 2.45) is 23.5 Å². The molecule has 0 aliphatic carbocycles. The van der Waals surface area contributed by atoms with Gasteiger partial charge in [0.1, 0.15) is 12.2 Å². The molecule has 1 amide bonds. The lowest BCUT2D eigenvalue weighted by Crippen LogP contribution is -2.62. The number of hydrogen-bond acceptors (Lipinski definition) is 18. The molecule has 13 N–H and O–H groups in total. The predicted molar refractivity (Wildman–Crippen MR) is 254 cm³/mol. The summed E-state index contributed by atoms with van der Waals surface area (Å²) >= 11 is 0. The van der Waals surface area contributed by atoms with Crippen molar-refractivity contribution in [3.05, 3.63) is 85.1 Å². The van der Waals surface area contributed by atoms with E-state index < -0.39 is 147 Å². The van der Waals surface area contributed by atoms with E-state index in [1.54, 1.807) is 69.4 Å². The van der Waals surface area contributed by atoms with Gasteiger partial charge >= 0.3 is 5.97 Å². The summed E-state index contributed by atoms with van der Waals surface area (Å²) in [7, 11) is 1.45. The van der Waals surface area contributed by atoms with Gasteiger partial charge in [0, 0.05) is 51.2 Å². The van der Waals surface area contributed by atoms with Gasteiger partial charge in [-0.1, -0.05) is 98.9 Å². The maximum Gasteiger partial charge on any atom is 0.308 e. The zero-order chi connectivity index (χ0) is 51.3. The highest BCUT2D eigenvalue weighted by Gasteiger charge is 2.51. The summed E-state index contributed by atoms with van der Waals surface area (Å²) in [6.45, 7) is 7.04. The first-order chi connectivity index (χ1) is 32.7. The SMILES string of the molecule is COCCNC(=O)C1[C@@H]2CC(O[C@@H]3O[C@H](C)C(O)[C@H](N)[C@@H]3O)/C=C/C=C/C=C/C=C/C=C/C=C/C=C/[C@H](C)C(O)[C@@H](C)[C@H](C)OC(=O)CC(O)CC(O)CCC(O)C(O)CC(O)CC(O)(C[C@@H]1O)O2. The van der Waals surface area contributed by atoms with E-state index in [2.05, 4.69) is 5.32 Å². The van der Waals surface area contributed by atoms with Gasteiger partial charge in [-0.15, -0.1) is 0 Å². The molecule has 0 aromatic carbocycles. The van der Waals surface area contributed by atoms with Crippen molar-refractivity contribution < 1.29 is 84.3 Å². The third kappa shape index (κ3) is 20.6. The Balaban J connectivity index is 1.92. The number of hydrogen-bond donors (Lipinski definition) is 12. The van der Waals surface area contributed by atoms with E-state index in [0.717, 1.165) is 0 Å². The van der Waals surface area contributed by atoms with Crippen molar-refractivity contribution in [1.29, 1.82) is 0 Å². The van der Waals surface area contributed by atoms with Gasteiger partial charge in [-0.3, -0.25) is 9.59 Å². The summed E-state index contributed by atoms with van der Waals surface area (Å²) in [6.07, 6.45) is 4.65. The summed E-state index contributed by atoms with van der Waals surface area (Å²) < 4.78 is 28.7. The van der Waals surface area contributed by atoms with Crippen molar-refractivity contribution in [2.45, 2.75) is 177 Å². The van der Waals surface area contributed by atoms with Crippen LogP contribution in [0.3, 0.4) is 0 Å². The molecule has 3 aliphatic rings. The van der Waals surface area contributed by atoms with Gasteiger partial charge in [-0.25, -0.2) is 0 Å². The van der Waals surface area contributed by atoms with Crippen molar-refractivity contribution >= 4 is 11.9 Å². The van der Waals surface area contributed by atoms with Crippen molar-refractivity contribution in [3.8, 4) is 0 Å². The highest BCUT2D eigenvalue weighted by Crippen LogP contribution is 2.38. The van der Waals surface area contributed by atoms with Gasteiger partial charge in [-0.2, -0.15) is 0 Å². The lowest BCUT2D eigenvalue weighted by atomic mass is 9.82. The molecule has 0 radical (unpaired) electrons. The predicted octanol–water partition coefficient (Wildman–Crippen LogP) is 0.390. The first-order valence-corrected chi connectivity index (χ1v) is 23.9. The molecular formula is C50H80N2O17.